The molecule has 0 aromatic carbocycles. The van der Waals surface area contributed by atoms with Crippen molar-refractivity contribution in [2.45, 2.75) is 5.16 Å². The van der Waals surface area contributed by atoms with Crippen molar-refractivity contribution in [1.82, 2.24) is 19.9 Å². The SMILES string of the molecule is COc1cc(OC)ncn1.CS(=O)(=O)c1ncccn1. The Balaban J connectivity index is 0.000000200. The maximum absolute atomic E-state index is 10.7. The Labute approximate surface area is 116 Å². The maximum Gasteiger partial charge on any atom is 0.246 e. The van der Waals surface area contributed by atoms with Gasteiger partial charge >= 0.3 is 0 Å². The van der Waals surface area contributed by atoms with Gasteiger partial charge in [-0.15, -0.1) is 0 Å². The summed E-state index contributed by atoms with van der Waals surface area (Å²) in [5.41, 5.74) is 0. The molecule has 2 rings (SSSR count). The van der Waals surface area contributed by atoms with Gasteiger partial charge in [-0.3, -0.25) is 0 Å². The second kappa shape index (κ2) is 7.34. The molecule has 0 amide bonds. The van der Waals surface area contributed by atoms with Crippen molar-refractivity contribution in [3.05, 3.63) is 30.9 Å². The van der Waals surface area contributed by atoms with Crippen molar-refractivity contribution in [2.75, 3.05) is 20.5 Å². The summed E-state index contributed by atoms with van der Waals surface area (Å²) in [6.07, 6.45) is 5.24. The Bertz CT molecular complexity index is 615. The zero-order chi connectivity index (χ0) is 15.0. The first-order valence-electron chi connectivity index (χ1n) is 5.34. The summed E-state index contributed by atoms with van der Waals surface area (Å²) < 4.78 is 31.1. The lowest BCUT2D eigenvalue weighted by molar-refractivity contribution is 0.371. The van der Waals surface area contributed by atoms with Gasteiger partial charge in [-0.2, -0.15) is 0 Å². The highest BCUT2D eigenvalue weighted by Gasteiger charge is 2.07. The highest BCUT2D eigenvalue weighted by molar-refractivity contribution is 7.90. The minimum Gasteiger partial charge on any atom is -0.481 e. The fourth-order valence-corrected chi connectivity index (χ4v) is 1.53. The van der Waals surface area contributed by atoms with Crippen LogP contribution in [0.3, 0.4) is 0 Å². The predicted octanol–water partition coefficient (Wildman–Crippen LogP) is 0.374. The number of sulfone groups is 1. The highest BCUT2D eigenvalue weighted by atomic mass is 32.2. The van der Waals surface area contributed by atoms with Crippen LogP contribution in [0.1, 0.15) is 0 Å². The van der Waals surface area contributed by atoms with Gasteiger partial charge in [0.15, 0.2) is 0 Å². The van der Waals surface area contributed by atoms with Gasteiger partial charge in [0.05, 0.1) is 20.3 Å². The van der Waals surface area contributed by atoms with Gasteiger partial charge in [-0.1, -0.05) is 0 Å². The van der Waals surface area contributed by atoms with Gasteiger partial charge in [-0.05, 0) is 6.07 Å². The quantitative estimate of drug-likeness (QED) is 0.749. The Morgan fingerprint density at radius 2 is 1.45 bits per heavy atom. The summed E-state index contributed by atoms with van der Waals surface area (Å²) in [5, 5.41) is -0.130. The van der Waals surface area contributed by atoms with Crippen LogP contribution < -0.4 is 9.47 Å². The van der Waals surface area contributed by atoms with Gasteiger partial charge in [0.25, 0.3) is 0 Å². The number of methoxy groups -OCH3 is 2. The molecule has 0 N–H and O–H groups in total. The summed E-state index contributed by atoms with van der Waals surface area (Å²) in [6.45, 7) is 0. The number of hydrogen-bond acceptors (Lipinski definition) is 8. The number of hydrogen-bond donors (Lipinski definition) is 0. The standard InChI is InChI=1S/C6H8N2O2.C5H6N2O2S/c1-9-5-3-6(10-2)8-4-7-5;1-10(8,9)5-6-3-2-4-7-5/h3-4H,1-2H3;2-4H,1H3. The fraction of sp³-hybridized carbons (Fsp3) is 0.273. The maximum atomic E-state index is 10.7. The highest BCUT2D eigenvalue weighted by Crippen LogP contribution is 2.10. The van der Waals surface area contributed by atoms with E-state index in [4.69, 9.17) is 9.47 Å². The third-order valence-electron chi connectivity index (χ3n) is 1.91. The molecule has 0 radical (unpaired) electrons. The molecule has 2 aromatic heterocycles. The molecule has 2 heterocycles. The van der Waals surface area contributed by atoms with E-state index in [-0.39, 0.29) is 5.16 Å². The van der Waals surface area contributed by atoms with Crippen molar-refractivity contribution in [3.8, 4) is 11.8 Å². The fourth-order valence-electron chi connectivity index (χ4n) is 1.02. The van der Waals surface area contributed by atoms with Crippen molar-refractivity contribution in [2.24, 2.45) is 0 Å². The van der Waals surface area contributed by atoms with E-state index in [2.05, 4.69) is 19.9 Å². The van der Waals surface area contributed by atoms with Gasteiger partial charge in [0.1, 0.15) is 6.33 Å². The lowest BCUT2D eigenvalue weighted by Crippen LogP contribution is -2.02. The number of nitrogens with zero attached hydrogens (tertiary/aromatic N) is 4. The van der Waals surface area contributed by atoms with Crippen LogP contribution in [-0.4, -0.2) is 48.8 Å². The molecule has 108 valence electrons. The molecule has 0 aliphatic heterocycles. The second-order valence-electron chi connectivity index (χ2n) is 3.41. The van der Waals surface area contributed by atoms with Gasteiger partial charge < -0.3 is 9.47 Å². The average Bonchev–Trinajstić information content (AvgIpc) is 2.48. The summed E-state index contributed by atoms with van der Waals surface area (Å²) in [4.78, 5) is 14.7. The lowest BCUT2D eigenvalue weighted by atomic mass is 10.6. The summed E-state index contributed by atoms with van der Waals surface area (Å²) in [6, 6.07) is 3.18. The van der Waals surface area contributed by atoms with Crippen molar-refractivity contribution in [1.29, 1.82) is 0 Å². The minimum atomic E-state index is -3.23. The molecule has 9 heteroatoms. The first-order valence-corrected chi connectivity index (χ1v) is 7.23. The second-order valence-corrected chi connectivity index (χ2v) is 5.32. The van der Waals surface area contributed by atoms with Gasteiger partial charge in [0.2, 0.25) is 26.8 Å². The van der Waals surface area contributed by atoms with Crippen LogP contribution in [0, 0.1) is 0 Å². The van der Waals surface area contributed by atoms with E-state index in [1.54, 1.807) is 26.4 Å². The van der Waals surface area contributed by atoms with Crippen molar-refractivity contribution >= 4 is 9.84 Å². The number of aromatic nitrogens is 4. The van der Waals surface area contributed by atoms with E-state index in [1.165, 1.54) is 18.7 Å². The lowest BCUT2D eigenvalue weighted by Gasteiger charge is -1.99. The van der Waals surface area contributed by atoms with Gasteiger partial charge in [0, 0.05) is 18.6 Å². The monoisotopic (exact) mass is 298 g/mol. The molecule has 8 nitrogen and oxygen atoms in total. The Hall–Kier alpha value is -2.29. The third kappa shape index (κ3) is 5.14. The molecule has 0 unspecified atom stereocenters. The minimum absolute atomic E-state index is 0.130. The van der Waals surface area contributed by atoms with E-state index in [0.717, 1.165) is 6.26 Å². The molecule has 0 aliphatic rings. The molecule has 0 saturated heterocycles. The number of ether oxygens (including phenoxy) is 2. The third-order valence-corrected chi connectivity index (χ3v) is 2.78. The topological polar surface area (TPSA) is 104 Å². The molecular formula is C11H14N4O4S. The van der Waals surface area contributed by atoms with E-state index in [9.17, 15) is 8.42 Å². The summed E-state index contributed by atoms with van der Waals surface area (Å²) in [7, 11) is -0.138. The van der Waals surface area contributed by atoms with Crippen molar-refractivity contribution < 1.29 is 17.9 Å². The molecule has 0 bridgehead atoms. The Morgan fingerprint density at radius 3 is 1.80 bits per heavy atom. The smallest absolute Gasteiger partial charge is 0.246 e. The van der Waals surface area contributed by atoms with Crippen LogP contribution in [0.5, 0.6) is 11.8 Å². The van der Waals surface area contributed by atoms with E-state index >= 15 is 0 Å². The molecule has 20 heavy (non-hydrogen) atoms. The summed E-state index contributed by atoms with van der Waals surface area (Å²) >= 11 is 0. The van der Waals surface area contributed by atoms with E-state index in [0.29, 0.717) is 11.8 Å². The molecule has 2 aromatic rings. The zero-order valence-electron chi connectivity index (χ0n) is 11.2. The van der Waals surface area contributed by atoms with E-state index in [1.807, 2.05) is 0 Å². The number of rotatable bonds is 3. The van der Waals surface area contributed by atoms with Crippen LogP contribution >= 0.6 is 0 Å². The van der Waals surface area contributed by atoms with Crippen LogP contribution in [-0.2, 0) is 9.84 Å². The van der Waals surface area contributed by atoms with Gasteiger partial charge in [-0.25, -0.2) is 28.4 Å². The molecule has 0 atom stereocenters. The summed E-state index contributed by atoms with van der Waals surface area (Å²) in [5.74, 6) is 1.01. The molecule has 0 saturated carbocycles. The first kappa shape index (κ1) is 15.8. The Morgan fingerprint density at radius 1 is 0.950 bits per heavy atom. The Kier molecular flexibility index (Phi) is 5.78. The molecular weight excluding hydrogens is 284 g/mol. The largest absolute Gasteiger partial charge is 0.481 e. The average molecular weight is 298 g/mol. The first-order chi connectivity index (χ1) is 9.47. The molecule has 0 fully saturated rings. The van der Waals surface area contributed by atoms with Crippen LogP contribution in [0.2, 0.25) is 0 Å². The molecule has 0 aliphatic carbocycles. The van der Waals surface area contributed by atoms with Crippen LogP contribution in [0.15, 0.2) is 36.0 Å². The predicted molar refractivity (Wildman–Crippen MR) is 70.3 cm³/mol. The van der Waals surface area contributed by atoms with Crippen LogP contribution in [0.4, 0.5) is 0 Å². The normalized spacial score (nSPS) is 10.2. The van der Waals surface area contributed by atoms with Crippen molar-refractivity contribution in [3.63, 3.8) is 0 Å². The van der Waals surface area contributed by atoms with E-state index < -0.39 is 9.84 Å². The molecule has 0 spiro atoms. The zero-order valence-corrected chi connectivity index (χ0v) is 12.0. The van der Waals surface area contributed by atoms with Crippen LogP contribution in [0.25, 0.3) is 0 Å².